The van der Waals surface area contributed by atoms with Crippen molar-refractivity contribution in [3.8, 4) is 5.75 Å². The molecule has 0 aliphatic carbocycles. The first-order chi connectivity index (χ1) is 14.3. The van der Waals surface area contributed by atoms with Crippen LogP contribution in [0.1, 0.15) is 21.5 Å². The first-order valence-corrected chi connectivity index (χ1v) is 9.57. The highest BCUT2D eigenvalue weighted by Crippen LogP contribution is 2.33. The molecule has 0 spiro atoms. The molecular formula is C26H22O3. The number of hydrogen-bond donors (Lipinski definition) is 0. The molecule has 0 radical (unpaired) electrons. The monoisotopic (exact) mass is 382 g/mol. The molecule has 0 unspecified atom stereocenters. The van der Waals surface area contributed by atoms with Gasteiger partial charge in [-0.05, 0) is 40.5 Å². The second kappa shape index (κ2) is 8.72. The number of ketones is 1. The highest BCUT2D eigenvalue weighted by atomic mass is 16.5. The SMILES string of the molecule is COc1ccc(/C=C(/C2=C(C(=O)c3ccccc3)COC2)c2ccccc2)cc1. The second-order valence-electron chi connectivity index (χ2n) is 6.84. The number of ether oxygens (including phenoxy) is 2. The van der Waals surface area contributed by atoms with Crippen LogP contribution in [0.4, 0.5) is 0 Å². The Bertz CT molecular complexity index is 1050. The minimum Gasteiger partial charge on any atom is -0.497 e. The van der Waals surface area contributed by atoms with Gasteiger partial charge < -0.3 is 9.47 Å². The predicted molar refractivity (Wildman–Crippen MR) is 116 cm³/mol. The molecule has 3 aromatic rings. The van der Waals surface area contributed by atoms with Crippen LogP contribution >= 0.6 is 0 Å². The number of benzene rings is 3. The molecule has 29 heavy (non-hydrogen) atoms. The summed E-state index contributed by atoms with van der Waals surface area (Å²) in [6, 6.07) is 27.4. The molecule has 0 aromatic heterocycles. The summed E-state index contributed by atoms with van der Waals surface area (Å²) in [5.41, 5.74) is 5.45. The summed E-state index contributed by atoms with van der Waals surface area (Å²) in [7, 11) is 1.66. The largest absolute Gasteiger partial charge is 0.497 e. The molecule has 1 aliphatic heterocycles. The van der Waals surface area contributed by atoms with Gasteiger partial charge in [0.25, 0.3) is 0 Å². The summed E-state index contributed by atoms with van der Waals surface area (Å²) >= 11 is 0. The fraction of sp³-hybridized carbons (Fsp3) is 0.115. The zero-order valence-corrected chi connectivity index (χ0v) is 16.3. The first-order valence-electron chi connectivity index (χ1n) is 9.57. The molecule has 3 nitrogen and oxygen atoms in total. The van der Waals surface area contributed by atoms with Gasteiger partial charge in [-0.2, -0.15) is 0 Å². The molecular weight excluding hydrogens is 360 g/mol. The highest BCUT2D eigenvalue weighted by Gasteiger charge is 2.25. The molecule has 0 N–H and O–H groups in total. The summed E-state index contributed by atoms with van der Waals surface area (Å²) < 4.78 is 11.0. The van der Waals surface area contributed by atoms with Crippen molar-refractivity contribution >= 4 is 17.4 Å². The summed E-state index contributed by atoms with van der Waals surface area (Å²) in [5, 5.41) is 0. The molecule has 0 bridgehead atoms. The number of methoxy groups -OCH3 is 1. The van der Waals surface area contributed by atoms with Gasteiger partial charge in [-0.15, -0.1) is 0 Å². The van der Waals surface area contributed by atoms with Crippen LogP contribution in [0.5, 0.6) is 5.75 Å². The zero-order chi connectivity index (χ0) is 20.1. The van der Waals surface area contributed by atoms with E-state index in [4.69, 9.17) is 9.47 Å². The molecule has 3 aromatic carbocycles. The van der Waals surface area contributed by atoms with Crippen LogP contribution in [0.25, 0.3) is 11.6 Å². The number of carbonyl (C=O) groups excluding carboxylic acids is 1. The molecule has 0 saturated carbocycles. The minimum absolute atomic E-state index is 0.0228. The maximum absolute atomic E-state index is 13.1. The molecule has 4 rings (SSSR count). The van der Waals surface area contributed by atoms with Gasteiger partial charge in [-0.25, -0.2) is 0 Å². The van der Waals surface area contributed by atoms with Crippen molar-refractivity contribution in [2.75, 3.05) is 20.3 Å². The lowest BCUT2D eigenvalue weighted by atomic mass is 9.90. The third-order valence-electron chi connectivity index (χ3n) is 5.00. The maximum Gasteiger partial charge on any atom is 0.191 e. The number of carbonyl (C=O) groups is 1. The van der Waals surface area contributed by atoms with Gasteiger partial charge in [0, 0.05) is 11.1 Å². The fourth-order valence-corrected chi connectivity index (χ4v) is 3.47. The van der Waals surface area contributed by atoms with Crippen LogP contribution in [-0.2, 0) is 4.74 Å². The van der Waals surface area contributed by atoms with Crippen molar-refractivity contribution in [1.82, 2.24) is 0 Å². The lowest BCUT2D eigenvalue weighted by Gasteiger charge is -2.12. The normalized spacial score (nSPS) is 14.2. The van der Waals surface area contributed by atoms with Gasteiger partial charge in [0.05, 0.1) is 20.3 Å². The van der Waals surface area contributed by atoms with Gasteiger partial charge in [0.2, 0.25) is 0 Å². The molecule has 3 heteroatoms. The summed E-state index contributed by atoms with van der Waals surface area (Å²) in [6.07, 6.45) is 2.11. The Hall–Kier alpha value is -3.43. The summed E-state index contributed by atoms with van der Waals surface area (Å²) in [4.78, 5) is 13.1. The maximum atomic E-state index is 13.1. The average molecular weight is 382 g/mol. The van der Waals surface area contributed by atoms with E-state index in [-0.39, 0.29) is 5.78 Å². The van der Waals surface area contributed by atoms with Crippen molar-refractivity contribution in [3.05, 3.63) is 113 Å². The third kappa shape index (κ3) is 4.20. The number of rotatable bonds is 6. The second-order valence-corrected chi connectivity index (χ2v) is 6.84. The Balaban J connectivity index is 1.81. The Labute approximate surface area is 170 Å². The van der Waals surface area contributed by atoms with Crippen LogP contribution in [0.3, 0.4) is 0 Å². The molecule has 0 amide bonds. The van der Waals surface area contributed by atoms with Crippen molar-refractivity contribution in [2.24, 2.45) is 0 Å². The summed E-state index contributed by atoms with van der Waals surface area (Å²) in [5.74, 6) is 0.835. The van der Waals surface area contributed by atoms with E-state index >= 15 is 0 Å². The van der Waals surface area contributed by atoms with E-state index in [1.165, 1.54) is 0 Å². The van der Waals surface area contributed by atoms with Gasteiger partial charge in [-0.1, -0.05) is 72.8 Å². The Morgan fingerprint density at radius 2 is 1.38 bits per heavy atom. The van der Waals surface area contributed by atoms with E-state index in [1.54, 1.807) is 7.11 Å². The third-order valence-corrected chi connectivity index (χ3v) is 5.00. The van der Waals surface area contributed by atoms with E-state index in [0.717, 1.165) is 33.6 Å². The van der Waals surface area contributed by atoms with Crippen LogP contribution in [-0.4, -0.2) is 26.1 Å². The van der Waals surface area contributed by atoms with Crippen molar-refractivity contribution in [2.45, 2.75) is 0 Å². The molecule has 0 atom stereocenters. The van der Waals surface area contributed by atoms with Crippen LogP contribution in [0.15, 0.2) is 96.1 Å². The smallest absolute Gasteiger partial charge is 0.191 e. The van der Waals surface area contributed by atoms with Gasteiger partial charge in [0.15, 0.2) is 5.78 Å². The van der Waals surface area contributed by atoms with E-state index in [2.05, 4.69) is 18.2 Å². The lowest BCUT2D eigenvalue weighted by Crippen LogP contribution is -2.07. The minimum atomic E-state index is 0.0228. The van der Waals surface area contributed by atoms with E-state index in [0.29, 0.717) is 18.8 Å². The Kier molecular flexibility index (Phi) is 5.68. The summed E-state index contributed by atoms with van der Waals surface area (Å²) in [6.45, 7) is 0.751. The van der Waals surface area contributed by atoms with Crippen LogP contribution in [0, 0.1) is 0 Å². The predicted octanol–water partition coefficient (Wildman–Crippen LogP) is 5.45. The average Bonchev–Trinajstić information content (AvgIpc) is 3.28. The van der Waals surface area contributed by atoms with Crippen molar-refractivity contribution in [1.29, 1.82) is 0 Å². The Morgan fingerprint density at radius 1 is 0.793 bits per heavy atom. The molecule has 0 saturated heterocycles. The lowest BCUT2D eigenvalue weighted by molar-refractivity contribution is 0.101. The first kappa shape index (κ1) is 18.9. The molecule has 144 valence electrons. The quantitative estimate of drug-likeness (QED) is 0.420. The van der Waals surface area contributed by atoms with E-state index in [9.17, 15) is 4.79 Å². The fourth-order valence-electron chi connectivity index (χ4n) is 3.47. The number of Topliss-reactive ketones (excluding diaryl/α,β-unsaturated/α-hetero) is 1. The zero-order valence-electron chi connectivity index (χ0n) is 16.3. The molecule has 1 aliphatic rings. The number of hydrogen-bond acceptors (Lipinski definition) is 3. The van der Waals surface area contributed by atoms with Crippen LogP contribution < -0.4 is 4.74 Å². The molecule has 1 heterocycles. The Morgan fingerprint density at radius 3 is 2.00 bits per heavy atom. The van der Waals surface area contributed by atoms with Crippen molar-refractivity contribution in [3.63, 3.8) is 0 Å². The van der Waals surface area contributed by atoms with Crippen LogP contribution in [0.2, 0.25) is 0 Å². The van der Waals surface area contributed by atoms with Gasteiger partial charge in [0.1, 0.15) is 5.75 Å². The van der Waals surface area contributed by atoms with Gasteiger partial charge >= 0.3 is 0 Å². The molecule has 0 fully saturated rings. The van der Waals surface area contributed by atoms with Gasteiger partial charge in [-0.3, -0.25) is 4.79 Å². The van der Waals surface area contributed by atoms with E-state index in [1.807, 2.05) is 72.8 Å². The van der Waals surface area contributed by atoms with E-state index < -0.39 is 0 Å². The topological polar surface area (TPSA) is 35.5 Å². The highest BCUT2D eigenvalue weighted by molar-refractivity contribution is 6.12. The standard InChI is InChI=1S/C26H22O3/c1-28-22-14-12-19(13-15-22)16-23(20-8-4-2-5-9-20)24-17-29-18-25(24)26(27)21-10-6-3-7-11-21/h2-16H,17-18H2,1H3/b23-16+. The van der Waals surface area contributed by atoms with Crippen molar-refractivity contribution < 1.29 is 14.3 Å².